The normalized spacial score (nSPS) is 7.57. The van der Waals surface area contributed by atoms with Crippen LogP contribution in [-0.2, 0) is 13.8 Å². The van der Waals surface area contributed by atoms with Crippen molar-refractivity contribution in [1.82, 2.24) is 0 Å². The Kier molecular flexibility index (Phi) is 2.21. The summed E-state index contributed by atoms with van der Waals surface area (Å²) in [7, 11) is 0. The van der Waals surface area contributed by atoms with Crippen LogP contribution < -0.4 is 0 Å². The SMILES string of the molecule is O=C(O)C(=O)OS. The van der Waals surface area contributed by atoms with Gasteiger partial charge in [-0.1, -0.05) is 0 Å². The molecular weight excluding hydrogens is 120 g/mol. The van der Waals surface area contributed by atoms with Crippen molar-refractivity contribution in [3.63, 3.8) is 0 Å². The van der Waals surface area contributed by atoms with E-state index in [1.165, 1.54) is 0 Å². The maximum Gasteiger partial charge on any atom is 0.429 e. The first-order chi connectivity index (χ1) is 3.18. The zero-order valence-electron chi connectivity index (χ0n) is 3.12. The molecule has 0 saturated heterocycles. The van der Waals surface area contributed by atoms with Crippen LogP contribution in [-0.4, -0.2) is 17.0 Å². The molecular formula is C2H2O4S. The minimum Gasteiger partial charge on any atom is -0.473 e. The third-order valence-electron chi connectivity index (χ3n) is 0.258. The lowest BCUT2D eigenvalue weighted by Crippen LogP contribution is -2.11. The molecule has 0 aliphatic heterocycles. The van der Waals surface area contributed by atoms with Gasteiger partial charge in [0.05, 0.1) is 0 Å². The van der Waals surface area contributed by atoms with Crippen LogP contribution >= 0.6 is 12.9 Å². The summed E-state index contributed by atoms with van der Waals surface area (Å²) in [6.45, 7) is 0. The molecule has 0 aliphatic carbocycles. The maximum absolute atomic E-state index is 9.61. The van der Waals surface area contributed by atoms with Crippen LogP contribution in [0.3, 0.4) is 0 Å². The first-order valence-corrected chi connectivity index (χ1v) is 1.63. The molecule has 0 spiro atoms. The van der Waals surface area contributed by atoms with Crippen molar-refractivity contribution in [2.24, 2.45) is 0 Å². The standard InChI is InChI=1S/C2H2O4S/c3-1(4)2(5)6-7/h7H,(H,3,4). The van der Waals surface area contributed by atoms with E-state index in [0.29, 0.717) is 0 Å². The third kappa shape index (κ3) is 2.05. The zero-order valence-corrected chi connectivity index (χ0v) is 4.01. The summed E-state index contributed by atoms with van der Waals surface area (Å²) in [5, 5.41) is 7.66. The fourth-order valence-electron chi connectivity index (χ4n) is 0.0390. The van der Waals surface area contributed by atoms with E-state index in [1.54, 1.807) is 0 Å². The highest BCUT2D eigenvalue weighted by atomic mass is 32.1. The number of carboxylic acids is 1. The predicted octanol–water partition coefficient (Wildman–Crippen LogP) is -0.541. The lowest BCUT2D eigenvalue weighted by molar-refractivity contribution is -0.157. The van der Waals surface area contributed by atoms with E-state index >= 15 is 0 Å². The summed E-state index contributed by atoms with van der Waals surface area (Å²) in [6.07, 6.45) is 0. The Bertz CT molecular complexity index is 97.9. The van der Waals surface area contributed by atoms with Gasteiger partial charge in [-0.2, -0.15) is 0 Å². The van der Waals surface area contributed by atoms with Gasteiger partial charge >= 0.3 is 11.9 Å². The predicted molar refractivity (Wildman–Crippen MR) is 22.7 cm³/mol. The number of carbonyl (C=O) groups excluding carboxylic acids is 1. The molecule has 0 aromatic carbocycles. The van der Waals surface area contributed by atoms with Gasteiger partial charge in [-0.3, -0.25) is 0 Å². The van der Waals surface area contributed by atoms with Crippen LogP contribution in [0.1, 0.15) is 0 Å². The molecule has 0 atom stereocenters. The summed E-state index contributed by atoms with van der Waals surface area (Å²) in [6, 6.07) is 0. The first-order valence-electron chi connectivity index (χ1n) is 1.27. The molecule has 40 valence electrons. The van der Waals surface area contributed by atoms with Crippen LogP contribution in [0, 0.1) is 0 Å². The Morgan fingerprint density at radius 1 is 1.57 bits per heavy atom. The van der Waals surface area contributed by atoms with Crippen molar-refractivity contribution < 1.29 is 18.9 Å². The number of rotatable bonds is 0. The molecule has 0 aliphatic rings. The number of hydrogen-bond acceptors (Lipinski definition) is 4. The van der Waals surface area contributed by atoms with Crippen molar-refractivity contribution in [2.75, 3.05) is 0 Å². The van der Waals surface area contributed by atoms with Gasteiger partial charge in [-0.15, -0.1) is 0 Å². The highest BCUT2D eigenvalue weighted by molar-refractivity contribution is 7.75. The molecule has 0 aromatic rings. The fourth-order valence-corrected chi connectivity index (χ4v) is 0.117. The van der Waals surface area contributed by atoms with Crippen molar-refractivity contribution in [3.05, 3.63) is 0 Å². The van der Waals surface area contributed by atoms with Gasteiger partial charge in [0, 0.05) is 12.9 Å². The first kappa shape index (κ1) is 6.29. The van der Waals surface area contributed by atoms with Gasteiger partial charge in [-0.05, 0) is 0 Å². The molecule has 0 amide bonds. The Morgan fingerprint density at radius 3 is 2.00 bits per heavy atom. The molecule has 0 unspecified atom stereocenters. The summed E-state index contributed by atoms with van der Waals surface area (Å²) >= 11 is 2.92. The second kappa shape index (κ2) is 2.46. The number of carbonyl (C=O) groups is 2. The summed E-state index contributed by atoms with van der Waals surface area (Å²) in [5.41, 5.74) is 0. The maximum atomic E-state index is 9.61. The molecule has 0 fully saturated rings. The molecule has 0 saturated carbocycles. The van der Waals surface area contributed by atoms with E-state index in [2.05, 4.69) is 17.1 Å². The molecule has 5 heteroatoms. The average Bonchev–Trinajstić information content (AvgIpc) is 1.65. The van der Waals surface area contributed by atoms with Crippen LogP contribution in [0.15, 0.2) is 0 Å². The van der Waals surface area contributed by atoms with E-state index in [9.17, 15) is 9.59 Å². The van der Waals surface area contributed by atoms with E-state index in [0.717, 1.165) is 0 Å². The molecule has 0 aromatic heterocycles. The van der Waals surface area contributed by atoms with E-state index in [-0.39, 0.29) is 0 Å². The highest BCUT2D eigenvalue weighted by Crippen LogP contribution is 1.78. The van der Waals surface area contributed by atoms with Crippen LogP contribution in [0.2, 0.25) is 0 Å². The molecule has 0 heterocycles. The third-order valence-corrected chi connectivity index (χ3v) is 0.423. The Labute approximate surface area is 44.7 Å². The van der Waals surface area contributed by atoms with Gasteiger partial charge < -0.3 is 9.29 Å². The Balaban J connectivity index is 3.58. The van der Waals surface area contributed by atoms with Crippen molar-refractivity contribution in [2.45, 2.75) is 0 Å². The molecule has 0 rings (SSSR count). The van der Waals surface area contributed by atoms with Gasteiger partial charge in [-0.25, -0.2) is 9.59 Å². The van der Waals surface area contributed by atoms with Crippen molar-refractivity contribution >= 4 is 24.8 Å². The van der Waals surface area contributed by atoms with Crippen LogP contribution in [0.4, 0.5) is 0 Å². The van der Waals surface area contributed by atoms with Gasteiger partial charge in [0.25, 0.3) is 0 Å². The number of hydrogen-bond donors (Lipinski definition) is 2. The van der Waals surface area contributed by atoms with Crippen LogP contribution in [0.5, 0.6) is 0 Å². The molecule has 0 bridgehead atoms. The number of thiol groups is 1. The smallest absolute Gasteiger partial charge is 0.429 e. The largest absolute Gasteiger partial charge is 0.473 e. The topological polar surface area (TPSA) is 63.6 Å². The van der Waals surface area contributed by atoms with Gasteiger partial charge in [0.1, 0.15) is 0 Å². The minimum atomic E-state index is -1.64. The second-order valence-electron chi connectivity index (χ2n) is 0.684. The highest BCUT2D eigenvalue weighted by Gasteiger charge is 2.09. The van der Waals surface area contributed by atoms with Gasteiger partial charge in [0.2, 0.25) is 0 Å². The summed E-state index contributed by atoms with van der Waals surface area (Å²) < 4.78 is 3.47. The molecule has 0 radical (unpaired) electrons. The summed E-state index contributed by atoms with van der Waals surface area (Å²) in [5.74, 6) is -3.02. The van der Waals surface area contributed by atoms with Gasteiger partial charge in [0.15, 0.2) is 0 Å². The fraction of sp³-hybridized carbons (Fsp3) is 0. The van der Waals surface area contributed by atoms with E-state index < -0.39 is 11.9 Å². The lowest BCUT2D eigenvalue weighted by Gasteiger charge is -1.83. The minimum absolute atomic E-state index is 1.37. The number of aliphatic carboxylic acids is 1. The molecule has 1 N–H and O–H groups in total. The zero-order chi connectivity index (χ0) is 5.86. The second-order valence-corrected chi connectivity index (χ2v) is 0.866. The Morgan fingerprint density at radius 2 is 2.00 bits per heavy atom. The Hall–Kier alpha value is -0.710. The molecule has 7 heavy (non-hydrogen) atoms. The van der Waals surface area contributed by atoms with Crippen molar-refractivity contribution in [1.29, 1.82) is 0 Å². The monoisotopic (exact) mass is 122 g/mol. The van der Waals surface area contributed by atoms with E-state index in [4.69, 9.17) is 5.11 Å². The van der Waals surface area contributed by atoms with Crippen molar-refractivity contribution in [3.8, 4) is 0 Å². The van der Waals surface area contributed by atoms with Crippen LogP contribution in [0.25, 0.3) is 0 Å². The quantitative estimate of drug-likeness (QED) is 0.257. The van der Waals surface area contributed by atoms with E-state index in [1.807, 2.05) is 0 Å². The number of carboxylic acid groups (broad SMARTS) is 1. The lowest BCUT2D eigenvalue weighted by atomic mass is 10.7. The molecule has 4 nitrogen and oxygen atoms in total. The average molecular weight is 122 g/mol. The summed E-state index contributed by atoms with van der Waals surface area (Å²) in [4.78, 5) is 19.0.